The molecule has 10 fully saturated rings. The van der Waals surface area contributed by atoms with Crippen LogP contribution in [0.1, 0.15) is 134 Å². The van der Waals surface area contributed by atoms with Crippen molar-refractivity contribution in [1.29, 1.82) is 0 Å². The Morgan fingerprint density at radius 2 is 1.18 bits per heavy atom. The van der Waals surface area contributed by atoms with E-state index in [1.165, 1.54) is 13.8 Å². The number of carboxylic acid groups (broad SMARTS) is 1. The first kappa shape index (κ1) is 71.5. The normalized spacial score (nSPS) is 52.1. The number of ether oxygens (including phenoxy) is 11. The van der Waals surface area contributed by atoms with Crippen LogP contribution in [0.15, 0.2) is 11.6 Å². The van der Waals surface area contributed by atoms with Gasteiger partial charge in [-0.3, -0.25) is 9.59 Å². The maximum atomic E-state index is 13.7. The van der Waals surface area contributed by atoms with Crippen molar-refractivity contribution in [3.63, 3.8) is 0 Å². The molecule has 2 bridgehead atoms. The number of aliphatic hydroxyl groups excluding tert-OH is 13. The second kappa shape index (κ2) is 25.6. The fourth-order valence-electron chi connectivity index (χ4n) is 19.6. The minimum atomic E-state index is -2.29. The third-order valence-corrected chi connectivity index (χ3v) is 24.6. The fourth-order valence-corrected chi connectivity index (χ4v) is 19.6. The topological polar surface area (TPSA) is 453 Å². The van der Waals surface area contributed by atoms with E-state index in [0.717, 1.165) is 0 Å². The molecule has 6 saturated carbocycles. The number of rotatable bonds is 15. The molecule has 1 spiro atoms. The van der Waals surface area contributed by atoms with Crippen molar-refractivity contribution in [3.8, 4) is 0 Å². The summed E-state index contributed by atoms with van der Waals surface area (Å²) in [6, 6.07) is 0. The Morgan fingerprint density at radius 1 is 0.554 bits per heavy atom. The summed E-state index contributed by atoms with van der Waals surface area (Å²) in [6.45, 7) is 18.6. The summed E-state index contributed by atoms with van der Waals surface area (Å²) >= 11 is 0. The number of aliphatic hydroxyl groups is 13. The molecule has 10 rings (SSSR count). The van der Waals surface area contributed by atoms with Crippen LogP contribution in [0.3, 0.4) is 0 Å². The maximum Gasteiger partial charge on any atom is 0.335 e. The van der Waals surface area contributed by atoms with Gasteiger partial charge in [-0.25, -0.2) is 9.59 Å². The van der Waals surface area contributed by atoms with Crippen LogP contribution in [-0.4, -0.2) is 262 Å². The quantitative estimate of drug-likeness (QED) is 0.0375. The van der Waals surface area contributed by atoms with E-state index in [1.54, 1.807) is 19.9 Å². The molecule has 4 aliphatic heterocycles. The molecule has 6 aliphatic carbocycles. The Morgan fingerprint density at radius 3 is 1.80 bits per heavy atom. The lowest BCUT2D eigenvalue weighted by Gasteiger charge is -2.75. The van der Waals surface area contributed by atoms with Gasteiger partial charge in [0.05, 0.1) is 30.5 Å². The van der Waals surface area contributed by atoms with E-state index < -0.39 is 234 Å². The maximum absolute atomic E-state index is 13.7. The SMILES string of the molecule is C/C=C(/C)C(=O)O[C@H]1[C@H](OC(C)=O)[C@@]23[C@@H](CC1(C)C)[C@]1(CC[C@@H]4[C@@]5(C)CC[C@H](O[C@@H]6O[C@H](C(=O)O)[C@@H](O)[C@H](O[C@@H]7O[C@H](CO)[C@H](O)[C@H](O)[C@H]7O[C@@H]7O[C@@H](O)[C@H](O)[C@@H](O)[C@H]7O)[C@H]6O[C@@H]6C[C@H](CO)[C@H](O)[C@H](O)[C@@H]6O)C(C)(C)[C@@H]5CC[C@@]4(C)[C@]1(C)C[C@H]2OC(C)=O)O[C@@H]3O. The summed E-state index contributed by atoms with van der Waals surface area (Å²) in [5.74, 6) is -5.70. The van der Waals surface area contributed by atoms with Gasteiger partial charge in [-0.05, 0) is 99.7 Å². The Kier molecular flexibility index (Phi) is 19.9. The first-order chi connectivity index (χ1) is 42.9. The van der Waals surface area contributed by atoms with Gasteiger partial charge in [0.2, 0.25) is 0 Å². The summed E-state index contributed by atoms with van der Waals surface area (Å²) in [7, 11) is 0. The molecule has 0 amide bonds. The van der Waals surface area contributed by atoms with Crippen LogP contribution in [0.25, 0.3) is 0 Å². The molecule has 33 atom stereocenters. The summed E-state index contributed by atoms with van der Waals surface area (Å²) in [5.41, 5.74) is -6.12. The molecule has 0 unspecified atom stereocenters. The van der Waals surface area contributed by atoms with E-state index in [0.29, 0.717) is 44.1 Å². The lowest BCUT2D eigenvalue weighted by molar-refractivity contribution is -0.404. The van der Waals surface area contributed by atoms with Crippen LogP contribution in [0.5, 0.6) is 0 Å². The number of carbonyl (C=O) groups excluding carboxylic acids is 3. The molecule has 29 nitrogen and oxygen atoms in total. The molecule has 92 heavy (non-hydrogen) atoms. The van der Waals surface area contributed by atoms with Gasteiger partial charge >= 0.3 is 23.9 Å². The molecule has 0 aromatic carbocycles. The van der Waals surface area contributed by atoms with E-state index in [4.69, 9.17) is 52.1 Å². The molecule has 524 valence electrons. The summed E-state index contributed by atoms with van der Waals surface area (Å²) < 4.78 is 69.3. The van der Waals surface area contributed by atoms with Gasteiger partial charge in [-0.1, -0.05) is 54.5 Å². The summed E-state index contributed by atoms with van der Waals surface area (Å²) in [6.07, 6.45) is -39.3. The van der Waals surface area contributed by atoms with Crippen molar-refractivity contribution in [2.45, 2.75) is 287 Å². The van der Waals surface area contributed by atoms with Gasteiger partial charge < -0.3 is 124 Å². The molecular formula is C63H98O29. The molecule has 10 aliphatic rings. The van der Waals surface area contributed by atoms with Gasteiger partial charge in [0, 0.05) is 48.7 Å². The van der Waals surface area contributed by atoms with Gasteiger partial charge in [-0.15, -0.1) is 0 Å². The number of allylic oxidation sites excluding steroid dienone is 1. The predicted octanol–water partition coefficient (Wildman–Crippen LogP) is -1.72. The van der Waals surface area contributed by atoms with Crippen molar-refractivity contribution in [2.75, 3.05) is 13.2 Å². The Hall–Kier alpha value is -3.22. The highest BCUT2D eigenvalue weighted by Crippen LogP contribution is 2.82. The average Bonchev–Trinajstić information content (AvgIpc) is 1.35. The smallest absolute Gasteiger partial charge is 0.335 e. The average molecular weight is 1320 g/mol. The zero-order chi connectivity index (χ0) is 67.8. The first-order valence-electron chi connectivity index (χ1n) is 32.3. The molecule has 4 heterocycles. The van der Waals surface area contributed by atoms with Crippen molar-refractivity contribution in [2.24, 2.45) is 56.2 Å². The third-order valence-electron chi connectivity index (χ3n) is 24.6. The zero-order valence-electron chi connectivity index (χ0n) is 53.9. The lowest BCUT2D eigenvalue weighted by Crippen LogP contribution is -2.77. The van der Waals surface area contributed by atoms with Crippen LogP contribution >= 0.6 is 0 Å². The predicted molar refractivity (Wildman–Crippen MR) is 307 cm³/mol. The molecule has 0 aromatic heterocycles. The van der Waals surface area contributed by atoms with Crippen LogP contribution in [0, 0.1) is 56.2 Å². The van der Waals surface area contributed by atoms with Gasteiger partial charge in [0.15, 0.2) is 43.7 Å². The Labute approximate surface area is 533 Å². The van der Waals surface area contributed by atoms with Gasteiger partial charge in [0.25, 0.3) is 0 Å². The molecule has 0 aromatic rings. The number of carbonyl (C=O) groups is 4. The van der Waals surface area contributed by atoms with E-state index in [1.807, 2.05) is 27.7 Å². The summed E-state index contributed by atoms with van der Waals surface area (Å²) in [4.78, 5) is 53.9. The second-order valence-electron chi connectivity index (χ2n) is 30.0. The van der Waals surface area contributed by atoms with E-state index in [2.05, 4.69) is 20.8 Å². The van der Waals surface area contributed by atoms with E-state index in [-0.39, 0.29) is 31.1 Å². The first-order valence-corrected chi connectivity index (χ1v) is 32.3. The van der Waals surface area contributed by atoms with Gasteiger partial charge in [-0.2, -0.15) is 0 Å². The highest BCUT2D eigenvalue weighted by atomic mass is 16.8. The highest BCUT2D eigenvalue weighted by molar-refractivity contribution is 5.87. The third kappa shape index (κ3) is 11.1. The Bertz CT molecular complexity index is 2750. The number of esters is 3. The van der Waals surface area contributed by atoms with E-state index in [9.17, 15) is 90.7 Å². The zero-order valence-corrected chi connectivity index (χ0v) is 53.9. The van der Waals surface area contributed by atoms with Crippen molar-refractivity contribution in [3.05, 3.63) is 11.6 Å². The molecule has 0 radical (unpaired) electrons. The van der Waals surface area contributed by atoms with Crippen molar-refractivity contribution in [1.82, 2.24) is 0 Å². The minimum Gasteiger partial charge on any atom is -0.479 e. The van der Waals surface area contributed by atoms with Crippen LogP contribution in [0.2, 0.25) is 0 Å². The molecular weight excluding hydrogens is 1220 g/mol. The monoisotopic (exact) mass is 1320 g/mol. The van der Waals surface area contributed by atoms with Gasteiger partial charge in [0.1, 0.15) is 90.9 Å². The molecule has 4 saturated heterocycles. The van der Waals surface area contributed by atoms with Crippen LogP contribution in [0.4, 0.5) is 0 Å². The fraction of sp³-hybridized carbons (Fsp3) is 0.905. The number of carboxylic acids is 1. The van der Waals surface area contributed by atoms with Crippen molar-refractivity contribution < 1.29 is 143 Å². The van der Waals surface area contributed by atoms with Crippen molar-refractivity contribution >= 4 is 23.9 Å². The largest absolute Gasteiger partial charge is 0.479 e. The minimum absolute atomic E-state index is 0.0887. The number of aliphatic carboxylic acids is 1. The van der Waals surface area contributed by atoms with Crippen LogP contribution in [-0.2, 0) is 71.3 Å². The number of hydrogen-bond donors (Lipinski definition) is 14. The molecule has 29 heteroatoms. The van der Waals surface area contributed by atoms with Crippen LogP contribution < -0.4 is 0 Å². The Balaban J connectivity index is 0.989. The van der Waals surface area contributed by atoms with E-state index >= 15 is 0 Å². The summed E-state index contributed by atoms with van der Waals surface area (Å²) in [5, 5.41) is 155. The molecule has 14 N–H and O–H groups in total. The second-order valence-corrected chi connectivity index (χ2v) is 30.0. The number of fused-ring (bicyclic) bond motifs is 4. The number of hydrogen-bond acceptors (Lipinski definition) is 28. The standard InChI is InChI=1S/C63H98O29/c1-12-24(2)51(79)90-48-49(83-26(4)67)63-32(20-57(48,5)6)62(92-56(63)81)18-14-31-59(9)16-15-33(58(7,8)30(59)13-17-60(31,10)61(62,11)21-34(63)82-25(3)66)86-55-47(84-28-19-27(22-64)35(68)38(71)36(28)69)44(43(76)45(88-55)50(77)78)87-54-46(40(73)37(70)29(23-65)85-54)89-53-42(75)39(72)41(74)52(80)91-53/h12,27-49,52-56,64-65,68-76,80-81H,13-23H2,1-11H3,(H,77,78)/b24-12-/t27-,28-,29-,30+,31-,32+,33+,34-,35+,36-,37+,38+,39-,40+,41-,42-,43+,44+,45+,46-,47-,48+,49+,52-,53-,54+,55-,56+,59+,60-,61+,62+,63-/m1/s1. The lowest BCUT2D eigenvalue weighted by atomic mass is 9.30. The highest BCUT2D eigenvalue weighted by Gasteiger charge is 2.86.